The number of benzene rings is 2. The summed E-state index contributed by atoms with van der Waals surface area (Å²) in [5, 5.41) is 11.6. The number of aryl methyl sites for hydroxylation is 2. The summed E-state index contributed by atoms with van der Waals surface area (Å²) in [7, 11) is 1.82. The van der Waals surface area contributed by atoms with Crippen molar-refractivity contribution in [3.05, 3.63) is 83.1 Å². The molecule has 7 nitrogen and oxygen atoms in total. The molecule has 0 radical (unpaired) electrons. The lowest BCUT2D eigenvalue weighted by molar-refractivity contribution is 0.0996. The smallest absolute Gasteiger partial charge is 0.260 e. The van der Waals surface area contributed by atoms with E-state index in [1.165, 1.54) is 12.1 Å². The van der Waals surface area contributed by atoms with Crippen LogP contribution in [0, 0.1) is 12.7 Å². The van der Waals surface area contributed by atoms with Crippen LogP contribution in [0.15, 0.2) is 54.9 Å². The number of halogens is 1. The summed E-state index contributed by atoms with van der Waals surface area (Å²) in [6, 6.07) is 14.8. The predicted octanol–water partition coefficient (Wildman–Crippen LogP) is 5.04. The Morgan fingerprint density at radius 2 is 1.92 bits per heavy atom. The number of anilines is 1. The Labute approximate surface area is 210 Å². The van der Waals surface area contributed by atoms with Gasteiger partial charge in [-0.05, 0) is 72.9 Å². The molecule has 0 saturated carbocycles. The number of hydrogen-bond donors (Lipinski definition) is 1. The van der Waals surface area contributed by atoms with Crippen molar-refractivity contribution in [3.8, 4) is 22.5 Å². The molecule has 4 aromatic rings. The van der Waals surface area contributed by atoms with Crippen molar-refractivity contribution in [2.45, 2.75) is 46.3 Å². The van der Waals surface area contributed by atoms with Gasteiger partial charge in [0, 0.05) is 36.5 Å². The first-order valence-corrected chi connectivity index (χ1v) is 12.1. The van der Waals surface area contributed by atoms with Crippen LogP contribution >= 0.6 is 0 Å². The molecule has 184 valence electrons. The van der Waals surface area contributed by atoms with Gasteiger partial charge in [0.2, 0.25) is 0 Å². The van der Waals surface area contributed by atoms with E-state index >= 15 is 0 Å². The lowest BCUT2D eigenvalue weighted by Gasteiger charge is -2.17. The molecule has 1 N–H and O–H groups in total. The second kappa shape index (κ2) is 9.62. The molecule has 0 aliphatic carbocycles. The summed E-state index contributed by atoms with van der Waals surface area (Å²) >= 11 is 0. The molecule has 3 heterocycles. The minimum Gasteiger partial charge on any atom is -0.317 e. The second-order valence-corrected chi connectivity index (χ2v) is 9.38. The fourth-order valence-corrected chi connectivity index (χ4v) is 4.53. The van der Waals surface area contributed by atoms with E-state index in [0.29, 0.717) is 35.4 Å². The summed E-state index contributed by atoms with van der Waals surface area (Å²) in [6.07, 6.45) is 2.63. The average Bonchev–Trinajstić information content (AvgIpc) is 3.44. The fourth-order valence-electron chi connectivity index (χ4n) is 4.53. The van der Waals surface area contributed by atoms with E-state index in [4.69, 9.17) is 0 Å². The molecular formula is C28H29FN6O. The topological polar surface area (TPSA) is 75.9 Å². The third-order valence-corrected chi connectivity index (χ3v) is 6.70. The molecule has 36 heavy (non-hydrogen) atoms. The maximum atomic E-state index is 14.2. The predicted molar refractivity (Wildman–Crippen MR) is 138 cm³/mol. The molecule has 0 bridgehead atoms. The Kier molecular flexibility index (Phi) is 6.36. The normalized spacial score (nSPS) is 13.8. The Balaban J connectivity index is 1.47. The van der Waals surface area contributed by atoms with Gasteiger partial charge in [0.1, 0.15) is 18.0 Å². The van der Waals surface area contributed by atoms with Crippen molar-refractivity contribution < 1.29 is 9.18 Å². The van der Waals surface area contributed by atoms with E-state index in [0.717, 1.165) is 40.9 Å². The van der Waals surface area contributed by atoms with Crippen molar-refractivity contribution in [3.63, 3.8) is 0 Å². The highest BCUT2D eigenvalue weighted by Gasteiger charge is 2.30. The highest BCUT2D eigenvalue weighted by atomic mass is 19.1. The first-order chi connectivity index (χ1) is 17.3. The summed E-state index contributed by atoms with van der Waals surface area (Å²) in [5.41, 5.74) is 5.76. The monoisotopic (exact) mass is 484 g/mol. The molecule has 1 aliphatic heterocycles. The van der Waals surface area contributed by atoms with Gasteiger partial charge in [-0.15, -0.1) is 10.2 Å². The lowest BCUT2D eigenvalue weighted by Crippen LogP contribution is -2.26. The van der Waals surface area contributed by atoms with E-state index in [-0.39, 0.29) is 11.7 Å². The maximum Gasteiger partial charge on any atom is 0.260 e. The molecule has 1 amide bonds. The van der Waals surface area contributed by atoms with Gasteiger partial charge < -0.3 is 9.88 Å². The van der Waals surface area contributed by atoms with Crippen LogP contribution in [0.2, 0.25) is 0 Å². The van der Waals surface area contributed by atoms with Crippen LogP contribution in [-0.4, -0.2) is 31.7 Å². The summed E-state index contributed by atoms with van der Waals surface area (Å²) in [5.74, 6) is 0.762. The zero-order valence-corrected chi connectivity index (χ0v) is 20.9. The Morgan fingerprint density at radius 1 is 1.08 bits per heavy atom. The van der Waals surface area contributed by atoms with Crippen molar-refractivity contribution in [1.29, 1.82) is 0 Å². The highest BCUT2D eigenvalue weighted by Crippen LogP contribution is 2.35. The molecule has 0 fully saturated rings. The minimum absolute atomic E-state index is 0.0897. The van der Waals surface area contributed by atoms with E-state index in [1.54, 1.807) is 21.9 Å². The second-order valence-electron chi connectivity index (χ2n) is 9.38. The van der Waals surface area contributed by atoms with Crippen LogP contribution in [-0.2, 0) is 20.1 Å². The molecule has 8 heteroatoms. The van der Waals surface area contributed by atoms with Crippen LogP contribution in [0.5, 0.6) is 0 Å². The largest absolute Gasteiger partial charge is 0.317 e. The molecule has 1 atom stereocenters. The van der Waals surface area contributed by atoms with E-state index in [9.17, 15) is 9.18 Å². The van der Waals surface area contributed by atoms with E-state index in [1.807, 2.05) is 44.3 Å². The molecule has 1 unspecified atom stereocenters. The van der Waals surface area contributed by atoms with Crippen LogP contribution in [0.25, 0.3) is 22.5 Å². The number of carbonyl (C=O) groups is 1. The Morgan fingerprint density at radius 3 is 2.67 bits per heavy atom. The van der Waals surface area contributed by atoms with Crippen LogP contribution < -0.4 is 10.2 Å². The van der Waals surface area contributed by atoms with Gasteiger partial charge in [0.15, 0.2) is 5.82 Å². The van der Waals surface area contributed by atoms with Gasteiger partial charge in [-0.3, -0.25) is 9.69 Å². The van der Waals surface area contributed by atoms with E-state index in [2.05, 4.69) is 34.3 Å². The first-order valence-electron chi connectivity index (χ1n) is 12.1. The maximum absolute atomic E-state index is 14.2. The standard InChI is InChI=1S/C28H29FN6O/c1-5-17(2)30-14-19-10-18(3)32-26(11-19)35-15-21-7-6-20(12-24(21)28(35)36)23-9-8-22(29)13-25(23)27-33-31-16-34(27)4/h6-13,16-17,30H,5,14-15H2,1-4H3. The van der Waals surface area contributed by atoms with Crippen LogP contribution in [0.1, 0.15) is 47.4 Å². The Bertz CT molecular complexity index is 1450. The molecule has 0 spiro atoms. The molecular weight excluding hydrogens is 455 g/mol. The number of pyridine rings is 1. The van der Waals surface area contributed by atoms with Crippen molar-refractivity contribution in [1.82, 2.24) is 25.1 Å². The van der Waals surface area contributed by atoms with E-state index < -0.39 is 0 Å². The number of aromatic nitrogens is 4. The van der Waals surface area contributed by atoms with Gasteiger partial charge >= 0.3 is 0 Å². The fraction of sp³-hybridized carbons (Fsp3) is 0.286. The number of fused-ring (bicyclic) bond motifs is 1. The van der Waals surface area contributed by atoms with Gasteiger partial charge in [0.25, 0.3) is 5.91 Å². The molecule has 1 aliphatic rings. The zero-order valence-electron chi connectivity index (χ0n) is 20.9. The molecule has 5 rings (SSSR count). The third-order valence-electron chi connectivity index (χ3n) is 6.70. The quantitative estimate of drug-likeness (QED) is 0.398. The van der Waals surface area contributed by atoms with Gasteiger partial charge in [-0.2, -0.15) is 0 Å². The van der Waals surface area contributed by atoms with Crippen LogP contribution in [0.4, 0.5) is 10.2 Å². The average molecular weight is 485 g/mol. The molecule has 0 saturated heterocycles. The molecule has 2 aromatic heterocycles. The number of nitrogens with one attached hydrogen (secondary N) is 1. The number of hydrogen-bond acceptors (Lipinski definition) is 5. The van der Waals surface area contributed by atoms with Gasteiger partial charge in [-0.25, -0.2) is 9.37 Å². The minimum atomic E-state index is -0.357. The summed E-state index contributed by atoms with van der Waals surface area (Å²) in [6.45, 7) is 7.44. The van der Waals surface area contributed by atoms with Crippen molar-refractivity contribution in [2.24, 2.45) is 7.05 Å². The summed E-state index contributed by atoms with van der Waals surface area (Å²) < 4.78 is 15.9. The van der Waals surface area contributed by atoms with Gasteiger partial charge in [0.05, 0.1) is 6.54 Å². The first kappa shape index (κ1) is 23.8. The van der Waals surface area contributed by atoms with Crippen molar-refractivity contribution in [2.75, 3.05) is 4.90 Å². The highest BCUT2D eigenvalue weighted by molar-refractivity contribution is 6.10. The number of nitrogens with zero attached hydrogens (tertiary/aromatic N) is 5. The number of rotatable bonds is 7. The molecule has 2 aromatic carbocycles. The van der Waals surface area contributed by atoms with Crippen molar-refractivity contribution >= 4 is 11.7 Å². The Hall–Kier alpha value is -3.91. The number of carbonyl (C=O) groups excluding carboxylic acids is 1. The summed E-state index contributed by atoms with van der Waals surface area (Å²) in [4.78, 5) is 19.9. The third kappa shape index (κ3) is 4.52. The van der Waals surface area contributed by atoms with Crippen LogP contribution in [0.3, 0.4) is 0 Å². The SMILES string of the molecule is CCC(C)NCc1cc(C)nc(N2Cc3ccc(-c4ccc(F)cc4-c4nncn4C)cc3C2=O)c1. The lowest BCUT2D eigenvalue weighted by atomic mass is 9.96. The number of amides is 1. The van der Waals surface area contributed by atoms with Gasteiger partial charge in [-0.1, -0.05) is 25.1 Å². The zero-order chi connectivity index (χ0) is 25.4.